The van der Waals surface area contributed by atoms with E-state index >= 15 is 0 Å². The highest BCUT2D eigenvalue weighted by Crippen LogP contribution is 2.28. The molecule has 0 bridgehead atoms. The molecular formula is C11H13N3S. The number of thiophene rings is 1. The van der Waals surface area contributed by atoms with E-state index in [0.717, 1.165) is 23.8 Å². The van der Waals surface area contributed by atoms with Gasteiger partial charge in [0.2, 0.25) is 0 Å². The van der Waals surface area contributed by atoms with Gasteiger partial charge in [0.25, 0.3) is 0 Å². The summed E-state index contributed by atoms with van der Waals surface area (Å²) < 4.78 is 1.18. The van der Waals surface area contributed by atoms with Crippen molar-refractivity contribution in [2.45, 2.75) is 19.3 Å². The van der Waals surface area contributed by atoms with Crippen LogP contribution in [0.1, 0.15) is 19.3 Å². The van der Waals surface area contributed by atoms with Crippen molar-refractivity contribution in [3.8, 4) is 0 Å². The SMILES string of the molecule is c1nc(NCC2CCC2)c2sccc2n1. The van der Waals surface area contributed by atoms with Crippen LogP contribution in [0.15, 0.2) is 17.8 Å². The van der Waals surface area contributed by atoms with Crippen LogP contribution in [0.2, 0.25) is 0 Å². The maximum absolute atomic E-state index is 4.30. The fourth-order valence-corrected chi connectivity index (χ4v) is 2.66. The van der Waals surface area contributed by atoms with Crippen molar-refractivity contribution < 1.29 is 0 Å². The molecular weight excluding hydrogens is 206 g/mol. The summed E-state index contributed by atoms with van der Waals surface area (Å²) in [5.41, 5.74) is 1.05. The second-order valence-corrected chi connectivity index (χ2v) is 4.95. The number of nitrogens with one attached hydrogen (secondary N) is 1. The monoisotopic (exact) mass is 219 g/mol. The van der Waals surface area contributed by atoms with Crippen LogP contribution >= 0.6 is 11.3 Å². The van der Waals surface area contributed by atoms with Crippen LogP contribution in [0.5, 0.6) is 0 Å². The molecule has 1 aliphatic carbocycles. The molecule has 0 aromatic carbocycles. The van der Waals surface area contributed by atoms with Crippen molar-refractivity contribution in [3.05, 3.63) is 17.8 Å². The summed E-state index contributed by atoms with van der Waals surface area (Å²) in [7, 11) is 0. The van der Waals surface area contributed by atoms with Gasteiger partial charge in [0.1, 0.15) is 12.1 Å². The van der Waals surface area contributed by atoms with Gasteiger partial charge in [0.15, 0.2) is 0 Å². The highest BCUT2D eigenvalue weighted by atomic mass is 32.1. The van der Waals surface area contributed by atoms with Crippen LogP contribution in [0.4, 0.5) is 5.82 Å². The van der Waals surface area contributed by atoms with Gasteiger partial charge in [-0.1, -0.05) is 6.42 Å². The van der Waals surface area contributed by atoms with E-state index in [1.54, 1.807) is 17.7 Å². The number of aromatic nitrogens is 2. The fourth-order valence-electron chi connectivity index (χ4n) is 1.85. The molecule has 0 atom stereocenters. The molecule has 1 aliphatic rings. The average molecular weight is 219 g/mol. The molecule has 4 heteroatoms. The zero-order chi connectivity index (χ0) is 10.1. The predicted octanol–water partition coefficient (Wildman–Crippen LogP) is 2.90. The van der Waals surface area contributed by atoms with E-state index in [1.165, 1.54) is 24.0 Å². The Hall–Kier alpha value is -1.16. The van der Waals surface area contributed by atoms with Gasteiger partial charge in [0, 0.05) is 6.54 Å². The van der Waals surface area contributed by atoms with E-state index in [4.69, 9.17) is 0 Å². The van der Waals surface area contributed by atoms with Crippen LogP contribution in [0.3, 0.4) is 0 Å². The summed E-state index contributed by atoms with van der Waals surface area (Å²) in [5, 5.41) is 5.50. The highest BCUT2D eigenvalue weighted by molar-refractivity contribution is 7.17. The lowest BCUT2D eigenvalue weighted by molar-refractivity contribution is 0.333. The molecule has 2 aromatic heterocycles. The zero-order valence-corrected chi connectivity index (χ0v) is 9.26. The molecule has 1 N–H and O–H groups in total. The number of fused-ring (bicyclic) bond motifs is 1. The van der Waals surface area contributed by atoms with E-state index < -0.39 is 0 Å². The Bertz CT molecular complexity index is 462. The summed E-state index contributed by atoms with van der Waals surface area (Å²) in [6, 6.07) is 2.04. The van der Waals surface area contributed by atoms with E-state index in [1.807, 2.05) is 6.07 Å². The van der Waals surface area contributed by atoms with Crippen molar-refractivity contribution in [2.75, 3.05) is 11.9 Å². The Morgan fingerprint density at radius 3 is 3.13 bits per heavy atom. The topological polar surface area (TPSA) is 37.8 Å². The number of rotatable bonds is 3. The van der Waals surface area contributed by atoms with Crippen LogP contribution < -0.4 is 5.32 Å². The lowest BCUT2D eigenvalue weighted by atomic mass is 9.85. The van der Waals surface area contributed by atoms with Gasteiger partial charge < -0.3 is 5.32 Å². The van der Waals surface area contributed by atoms with Gasteiger partial charge in [-0.2, -0.15) is 0 Å². The van der Waals surface area contributed by atoms with Crippen molar-refractivity contribution >= 4 is 27.4 Å². The van der Waals surface area contributed by atoms with Gasteiger partial charge >= 0.3 is 0 Å². The smallest absolute Gasteiger partial charge is 0.147 e. The predicted molar refractivity (Wildman–Crippen MR) is 63.2 cm³/mol. The molecule has 0 spiro atoms. The molecule has 0 amide bonds. The minimum atomic E-state index is 0.856. The number of hydrogen-bond donors (Lipinski definition) is 1. The van der Waals surface area contributed by atoms with E-state index in [9.17, 15) is 0 Å². The normalized spacial score (nSPS) is 16.5. The molecule has 2 heterocycles. The Morgan fingerprint density at radius 2 is 2.33 bits per heavy atom. The molecule has 0 radical (unpaired) electrons. The first-order valence-corrected chi connectivity index (χ1v) is 6.23. The molecule has 3 rings (SSSR count). The fraction of sp³-hybridized carbons (Fsp3) is 0.455. The first kappa shape index (κ1) is 9.09. The van der Waals surface area contributed by atoms with Crippen molar-refractivity contribution in [1.82, 2.24) is 9.97 Å². The lowest BCUT2D eigenvalue weighted by Gasteiger charge is -2.25. The maximum Gasteiger partial charge on any atom is 0.147 e. The third kappa shape index (κ3) is 1.69. The van der Waals surface area contributed by atoms with Crippen LogP contribution in [-0.2, 0) is 0 Å². The molecule has 1 fully saturated rings. The van der Waals surface area contributed by atoms with Crippen LogP contribution in [0.25, 0.3) is 10.2 Å². The van der Waals surface area contributed by atoms with Crippen molar-refractivity contribution in [1.29, 1.82) is 0 Å². The molecule has 0 aliphatic heterocycles. The van der Waals surface area contributed by atoms with Gasteiger partial charge in [-0.05, 0) is 30.2 Å². The molecule has 0 saturated heterocycles. The maximum atomic E-state index is 4.30. The van der Waals surface area contributed by atoms with Gasteiger partial charge in [-0.25, -0.2) is 9.97 Å². The standard InChI is InChI=1S/C11H13N3S/c1-2-8(3-1)6-12-11-10-9(4-5-15-10)13-7-14-11/h4-5,7-8H,1-3,6H2,(H,12,13,14). The highest BCUT2D eigenvalue weighted by Gasteiger charge is 2.17. The number of nitrogens with zero attached hydrogens (tertiary/aromatic N) is 2. The quantitative estimate of drug-likeness (QED) is 0.862. The zero-order valence-electron chi connectivity index (χ0n) is 8.44. The van der Waals surface area contributed by atoms with Crippen LogP contribution in [-0.4, -0.2) is 16.5 Å². The second kappa shape index (κ2) is 3.77. The first-order valence-electron chi connectivity index (χ1n) is 5.35. The van der Waals surface area contributed by atoms with E-state index in [2.05, 4.69) is 20.7 Å². The van der Waals surface area contributed by atoms with Crippen molar-refractivity contribution in [3.63, 3.8) is 0 Å². The van der Waals surface area contributed by atoms with Crippen LogP contribution in [0, 0.1) is 5.92 Å². The summed E-state index contributed by atoms with van der Waals surface area (Å²) in [5.74, 6) is 1.86. The van der Waals surface area contributed by atoms with Gasteiger partial charge in [-0.15, -0.1) is 11.3 Å². The molecule has 2 aromatic rings. The van der Waals surface area contributed by atoms with E-state index in [0.29, 0.717) is 0 Å². The summed E-state index contributed by atoms with van der Waals surface area (Å²) in [4.78, 5) is 8.52. The largest absolute Gasteiger partial charge is 0.369 e. The van der Waals surface area contributed by atoms with Gasteiger partial charge in [-0.3, -0.25) is 0 Å². The Balaban J connectivity index is 1.80. The molecule has 3 nitrogen and oxygen atoms in total. The first-order chi connectivity index (χ1) is 7.43. The summed E-state index contributed by atoms with van der Waals surface area (Å²) in [6.07, 6.45) is 5.76. The third-order valence-electron chi connectivity index (χ3n) is 3.03. The Labute approximate surface area is 92.6 Å². The molecule has 0 unspecified atom stereocenters. The second-order valence-electron chi connectivity index (χ2n) is 4.04. The summed E-state index contributed by atoms with van der Waals surface area (Å²) >= 11 is 1.70. The molecule has 78 valence electrons. The minimum absolute atomic E-state index is 0.856. The lowest BCUT2D eigenvalue weighted by Crippen LogP contribution is -2.21. The van der Waals surface area contributed by atoms with Gasteiger partial charge in [0.05, 0.1) is 10.2 Å². The molecule has 1 saturated carbocycles. The summed E-state index contributed by atoms with van der Waals surface area (Å²) in [6.45, 7) is 1.06. The number of anilines is 1. The minimum Gasteiger partial charge on any atom is -0.369 e. The average Bonchev–Trinajstić information content (AvgIpc) is 2.63. The Kier molecular flexibility index (Phi) is 2.29. The third-order valence-corrected chi connectivity index (χ3v) is 3.94. The van der Waals surface area contributed by atoms with Crippen molar-refractivity contribution in [2.24, 2.45) is 5.92 Å². The van der Waals surface area contributed by atoms with E-state index in [-0.39, 0.29) is 0 Å². The number of hydrogen-bond acceptors (Lipinski definition) is 4. The molecule has 15 heavy (non-hydrogen) atoms. The Morgan fingerprint density at radius 1 is 1.40 bits per heavy atom.